The molecule has 156 valence electrons. The maximum absolute atomic E-state index is 6.61. The van der Waals surface area contributed by atoms with Crippen LogP contribution < -0.4 is 4.43 Å². The number of hydrogen-bond acceptors (Lipinski definition) is 2. The average molecular weight is 401 g/mol. The summed E-state index contributed by atoms with van der Waals surface area (Å²) < 4.78 is 13.1. The van der Waals surface area contributed by atoms with E-state index < -0.39 is 8.56 Å². The highest BCUT2D eigenvalue weighted by Gasteiger charge is 2.36. The molecule has 3 heteroatoms. The largest absolute Gasteiger partial charge is 0.520 e. The average Bonchev–Trinajstić information content (AvgIpc) is 2.74. The zero-order valence-corrected chi connectivity index (χ0v) is 19.3. The standard InChI is InChI=1S/C25H40O2Si/c1-4-7-8-9-10-11-12-13-16-22-26-28(5-2,6-3)27-25-21-17-19-23-18-14-15-20-24(23)25/h14-15,17-21H,4-13,16,22H2,1-3H3. The third-order valence-corrected chi connectivity index (χ3v) is 9.21. The highest BCUT2D eigenvalue weighted by Crippen LogP contribution is 2.30. The van der Waals surface area contributed by atoms with Gasteiger partial charge in [-0.1, -0.05) is 109 Å². The lowest BCUT2D eigenvalue weighted by molar-refractivity contribution is 0.231. The Kier molecular flexibility index (Phi) is 10.7. The monoisotopic (exact) mass is 400 g/mol. The summed E-state index contributed by atoms with van der Waals surface area (Å²) in [4.78, 5) is 0. The first-order chi connectivity index (χ1) is 13.7. The van der Waals surface area contributed by atoms with Crippen molar-refractivity contribution in [3.63, 3.8) is 0 Å². The van der Waals surface area contributed by atoms with Gasteiger partial charge < -0.3 is 8.85 Å². The minimum atomic E-state index is -2.19. The van der Waals surface area contributed by atoms with Crippen LogP contribution in [0.1, 0.15) is 78.6 Å². The van der Waals surface area contributed by atoms with Crippen molar-refractivity contribution >= 4 is 19.3 Å². The van der Waals surface area contributed by atoms with Gasteiger partial charge in [0.05, 0.1) is 0 Å². The van der Waals surface area contributed by atoms with Gasteiger partial charge in [0.1, 0.15) is 5.75 Å². The number of fused-ring (bicyclic) bond motifs is 1. The first-order valence-corrected chi connectivity index (χ1v) is 13.8. The fourth-order valence-corrected chi connectivity index (χ4v) is 6.13. The Bertz CT molecular complexity index is 661. The zero-order chi connectivity index (χ0) is 20.1. The van der Waals surface area contributed by atoms with Crippen molar-refractivity contribution < 1.29 is 8.85 Å². The molecular weight excluding hydrogens is 360 g/mol. The molecule has 0 unspecified atom stereocenters. The van der Waals surface area contributed by atoms with Gasteiger partial charge in [0.2, 0.25) is 0 Å². The maximum atomic E-state index is 6.61. The number of unbranched alkanes of at least 4 members (excludes halogenated alkanes) is 8. The van der Waals surface area contributed by atoms with Crippen LogP contribution in [-0.2, 0) is 4.43 Å². The maximum Gasteiger partial charge on any atom is 0.398 e. The normalized spacial score (nSPS) is 11.8. The lowest BCUT2D eigenvalue weighted by Gasteiger charge is -2.30. The SMILES string of the molecule is CCCCCCCCCCCO[Si](CC)(CC)Oc1cccc2ccccc12. The number of rotatable bonds is 15. The molecule has 0 fully saturated rings. The predicted octanol–water partition coefficient (Wildman–Crippen LogP) is 8.25. The van der Waals surface area contributed by atoms with E-state index in [-0.39, 0.29) is 0 Å². The van der Waals surface area contributed by atoms with E-state index in [1.54, 1.807) is 0 Å². The molecule has 0 aliphatic heterocycles. The van der Waals surface area contributed by atoms with E-state index in [2.05, 4.69) is 63.2 Å². The van der Waals surface area contributed by atoms with E-state index in [1.165, 1.54) is 62.1 Å². The van der Waals surface area contributed by atoms with Gasteiger partial charge in [-0.3, -0.25) is 0 Å². The molecule has 0 spiro atoms. The number of benzene rings is 2. The van der Waals surface area contributed by atoms with Crippen molar-refractivity contribution in [1.29, 1.82) is 0 Å². The zero-order valence-electron chi connectivity index (χ0n) is 18.3. The molecule has 0 amide bonds. The van der Waals surface area contributed by atoms with Gasteiger partial charge in [0, 0.05) is 12.0 Å². The topological polar surface area (TPSA) is 18.5 Å². The summed E-state index contributed by atoms with van der Waals surface area (Å²) in [5.41, 5.74) is 0. The Balaban J connectivity index is 1.78. The van der Waals surface area contributed by atoms with Crippen LogP contribution in [0.25, 0.3) is 10.8 Å². The second-order valence-electron chi connectivity index (χ2n) is 7.87. The molecule has 0 aromatic heterocycles. The summed E-state index contributed by atoms with van der Waals surface area (Å²) in [6.07, 6.45) is 12.1. The summed E-state index contributed by atoms with van der Waals surface area (Å²) in [6.45, 7) is 7.56. The van der Waals surface area contributed by atoms with E-state index in [4.69, 9.17) is 8.85 Å². The number of hydrogen-bond donors (Lipinski definition) is 0. The van der Waals surface area contributed by atoms with E-state index >= 15 is 0 Å². The minimum Gasteiger partial charge on any atom is -0.520 e. The summed E-state index contributed by atoms with van der Waals surface area (Å²) in [5, 5.41) is 2.42. The quantitative estimate of drug-likeness (QED) is 0.221. The third kappa shape index (κ3) is 7.25. The molecule has 0 bridgehead atoms. The lowest BCUT2D eigenvalue weighted by Crippen LogP contribution is -2.44. The van der Waals surface area contributed by atoms with Crippen LogP contribution in [0.5, 0.6) is 5.75 Å². The van der Waals surface area contributed by atoms with E-state index in [1.807, 2.05) is 0 Å². The molecule has 0 saturated carbocycles. The predicted molar refractivity (Wildman–Crippen MR) is 124 cm³/mol. The van der Waals surface area contributed by atoms with E-state index in [9.17, 15) is 0 Å². The molecule has 2 aromatic carbocycles. The molecule has 2 nitrogen and oxygen atoms in total. The van der Waals surface area contributed by atoms with Crippen LogP contribution in [0, 0.1) is 0 Å². The highest BCUT2D eigenvalue weighted by atomic mass is 28.4. The fraction of sp³-hybridized carbons (Fsp3) is 0.600. The molecule has 0 atom stereocenters. The summed E-state index contributed by atoms with van der Waals surface area (Å²) >= 11 is 0. The third-order valence-electron chi connectivity index (χ3n) is 5.74. The molecule has 2 rings (SSSR count). The second kappa shape index (κ2) is 13.0. The lowest BCUT2D eigenvalue weighted by atomic mass is 10.1. The Labute approximate surface area is 173 Å². The Morgan fingerprint density at radius 3 is 1.96 bits per heavy atom. The molecule has 0 N–H and O–H groups in total. The summed E-state index contributed by atoms with van der Waals surface area (Å²) in [6, 6.07) is 16.8. The molecule has 0 radical (unpaired) electrons. The van der Waals surface area contributed by atoms with Gasteiger partial charge in [-0.05, 0) is 30.0 Å². The van der Waals surface area contributed by atoms with Gasteiger partial charge >= 0.3 is 8.56 Å². The van der Waals surface area contributed by atoms with Crippen molar-refractivity contribution in [3.05, 3.63) is 42.5 Å². The summed E-state index contributed by atoms with van der Waals surface area (Å²) in [7, 11) is -2.19. The van der Waals surface area contributed by atoms with E-state index in [0.29, 0.717) is 0 Å². The van der Waals surface area contributed by atoms with Crippen LogP contribution in [0.3, 0.4) is 0 Å². The van der Waals surface area contributed by atoms with Crippen LogP contribution in [-0.4, -0.2) is 15.2 Å². The van der Waals surface area contributed by atoms with Gasteiger partial charge in [-0.2, -0.15) is 0 Å². The van der Waals surface area contributed by atoms with Crippen molar-refractivity contribution in [2.45, 2.75) is 90.6 Å². The summed E-state index contributed by atoms with van der Waals surface area (Å²) in [5.74, 6) is 0.987. The van der Waals surface area contributed by atoms with Crippen molar-refractivity contribution in [2.75, 3.05) is 6.61 Å². The van der Waals surface area contributed by atoms with Crippen LogP contribution in [0.2, 0.25) is 12.1 Å². The van der Waals surface area contributed by atoms with Crippen molar-refractivity contribution in [3.8, 4) is 5.75 Å². The Morgan fingerprint density at radius 1 is 0.679 bits per heavy atom. The van der Waals surface area contributed by atoms with Crippen LogP contribution in [0.15, 0.2) is 42.5 Å². The first-order valence-electron chi connectivity index (χ1n) is 11.6. The molecule has 0 aliphatic carbocycles. The molecule has 0 saturated heterocycles. The molecular formula is C25H40O2Si. The second-order valence-corrected chi connectivity index (χ2v) is 11.6. The van der Waals surface area contributed by atoms with Crippen molar-refractivity contribution in [1.82, 2.24) is 0 Å². The van der Waals surface area contributed by atoms with Gasteiger partial charge in [-0.25, -0.2) is 0 Å². The van der Waals surface area contributed by atoms with E-state index in [0.717, 1.165) is 30.9 Å². The fourth-order valence-electron chi connectivity index (χ4n) is 3.78. The van der Waals surface area contributed by atoms with Crippen LogP contribution >= 0.6 is 0 Å². The molecule has 2 aromatic rings. The Morgan fingerprint density at radius 2 is 1.29 bits per heavy atom. The first kappa shape index (κ1) is 23.0. The Hall–Kier alpha value is -1.32. The smallest absolute Gasteiger partial charge is 0.398 e. The van der Waals surface area contributed by atoms with Crippen molar-refractivity contribution in [2.24, 2.45) is 0 Å². The van der Waals surface area contributed by atoms with Gasteiger partial charge in [-0.15, -0.1) is 0 Å². The van der Waals surface area contributed by atoms with Gasteiger partial charge in [0.25, 0.3) is 0 Å². The molecule has 0 aliphatic rings. The molecule has 28 heavy (non-hydrogen) atoms. The minimum absolute atomic E-state index is 0.842. The molecule has 0 heterocycles. The van der Waals surface area contributed by atoms with Crippen LogP contribution in [0.4, 0.5) is 0 Å². The highest BCUT2D eigenvalue weighted by molar-refractivity contribution is 6.68. The van der Waals surface area contributed by atoms with Gasteiger partial charge in [0.15, 0.2) is 0 Å².